The van der Waals surface area contributed by atoms with Crippen molar-refractivity contribution in [1.82, 2.24) is 5.32 Å². The average Bonchev–Trinajstić information content (AvgIpc) is 2.60. The first-order valence-electron chi connectivity index (χ1n) is 7.74. The third kappa shape index (κ3) is 5.53. The number of nitrogens with one attached hydrogen (secondary N) is 2. The van der Waals surface area contributed by atoms with Crippen molar-refractivity contribution in [3.8, 4) is 5.75 Å². The quantitative estimate of drug-likeness (QED) is 0.554. The van der Waals surface area contributed by atoms with Crippen LogP contribution in [0.1, 0.15) is 0 Å². The fourth-order valence-corrected chi connectivity index (χ4v) is 3.11. The number of benzene rings is 2. The van der Waals surface area contributed by atoms with E-state index in [1.165, 1.54) is 18.2 Å². The molecule has 0 heterocycles. The summed E-state index contributed by atoms with van der Waals surface area (Å²) >= 11 is 5.50. The van der Waals surface area contributed by atoms with E-state index in [1.807, 2.05) is 19.0 Å². The molecule has 140 valence electrons. The second-order valence-electron chi connectivity index (χ2n) is 5.52. The van der Waals surface area contributed by atoms with Crippen LogP contribution in [0.2, 0.25) is 0 Å². The van der Waals surface area contributed by atoms with Crippen LogP contribution in [0, 0.1) is 0 Å². The fraction of sp³-hybridized carbons (Fsp3) is 0.235. The molecular formula is C17H20ClN3O4S. The zero-order valence-electron chi connectivity index (χ0n) is 14.4. The van der Waals surface area contributed by atoms with E-state index in [0.29, 0.717) is 12.2 Å². The molecule has 2 rings (SSSR count). The number of carbonyl (C=O) groups excluding carboxylic acids is 1. The zero-order valence-corrected chi connectivity index (χ0v) is 16.0. The van der Waals surface area contributed by atoms with Gasteiger partial charge in [0.2, 0.25) is 0 Å². The van der Waals surface area contributed by atoms with Gasteiger partial charge in [-0.05, 0) is 42.5 Å². The third-order valence-electron chi connectivity index (χ3n) is 3.32. The molecule has 0 saturated heterocycles. The van der Waals surface area contributed by atoms with E-state index in [-0.39, 0.29) is 16.5 Å². The van der Waals surface area contributed by atoms with Crippen LogP contribution in [0.5, 0.6) is 5.75 Å². The minimum absolute atomic E-state index is 0.0654. The topological polar surface area (TPSA) is 87.7 Å². The van der Waals surface area contributed by atoms with Crippen LogP contribution in [0.3, 0.4) is 0 Å². The van der Waals surface area contributed by atoms with Crippen LogP contribution in [-0.4, -0.2) is 41.0 Å². The number of nitrogens with zero attached hydrogens (tertiary/aromatic N) is 1. The van der Waals surface area contributed by atoms with Crippen molar-refractivity contribution in [2.75, 3.05) is 36.7 Å². The molecule has 0 bridgehead atoms. The van der Waals surface area contributed by atoms with Gasteiger partial charge in [-0.2, -0.15) is 8.42 Å². The van der Waals surface area contributed by atoms with E-state index in [0.717, 1.165) is 5.69 Å². The van der Waals surface area contributed by atoms with Crippen molar-refractivity contribution in [2.45, 2.75) is 4.90 Å². The fourth-order valence-electron chi connectivity index (χ4n) is 2.04. The highest BCUT2D eigenvalue weighted by atomic mass is 35.5. The van der Waals surface area contributed by atoms with Crippen molar-refractivity contribution in [2.24, 2.45) is 0 Å². The maximum absolute atomic E-state index is 12.5. The van der Waals surface area contributed by atoms with Gasteiger partial charge in [-0.15, -0.1) is 11.6 Å². The van der Waals surface area contributed by atoms with Gasteiger partial charge in [0, 0.05) is 37.9 Å². The van der Waals surface area contributed by atoms with Gasteiger partial charge in [0.25, 0.3) is 0 Å². The first-order valence-corrected chi connectivity index (χ1v) is 9.69. The van der Waals surface area contributed by atoms with Gasteiger partial charge in [0.05, 0.1) is 0 Å². The van der Waals surface area contributed by atoms with E-state index in [4.69, 9.17) is 15.8 Å². The molecule has 0 radical (unpaired) electrons. The summed E-state index contributed by atoms with van der Waals surface area (Å²) in [5.74, 6) is 0.483. The van der Waals surface area contributed by atoms with E-state index >= 15 is 0 Å². The van der Waals surface area contributed by atoms with E-state index in [9.17, 15) is 13.2 Å². The maximum Gasteiger partial charge on any atom is 0.339 e. The lowest BCUT2D eigenvalue weighted by Crippen LogP contribution is -2.30. The Bertz CT molecular complexity index is 855. The number of alkyl halides is 1. The second kappa shape index (κ2) is 8.77. The van der Waals surface area contributed by atoms with Crippen molar-refractivity contribution in [1.29, 1.82) is 0 Å². The molecule has 7 nitrogen and oxygen atoms in total. The van der Waals surface area contributed by atoms with Crippen LogP contribution in [-0.2, 0) is 10.1 Å². The molecule has 2 N–H and O–H groups in total. The summed E-state index contributed by atoms with van der Waals surface area (Å²) in [6.45, 7) is 0.303. The van der Waals surface area contributed by atoms with Crippen molar-refractivity contribution < 1.29 is 17.4 Å². The molecule has 0 saturated carbocycles. The third-order valence-corrected chi connectivity index (χ3v) is 4.75. The van der Waals surface area contributed by atoms with E-state index < -0.39 is 16.1 Å². The molecule has 0 fully saturated rings. The van der Waals surface area contributed by atoms with E-state index in [2.05, 4.69) is 10.6 Å². The van der Waals surface area contributed by atoms with Gasteiger partial charge < -0.3 is 19.7 Å². The summed E-state index contributed by atoms with van der Waals surface area (Å²) < 4.78 is 30.1. The lowest BCUT2D eigenvalue weighted by molar-refractivity contribution is 0.252. The van der Waals surface area contributed by atoms with Gasteiger partial charge >= 0.3 is 16.1 Å². The van der Waals surface area contributed by atoms with Crippen LogP contribution in [0.25, 0.3) is 0 Å². The number of anilines is 2. The van der Waals surface area contributed by atoms with Crippen LogP contribution in [0.4, 0.5) is 16.2 Å². The maximum atomic E-state index is 12.5. The summed E-state index contributed by atoms with van der Waals surface area (Å²) in [6, 6.07) is 12.0. The highest BCUT2D eigenvalue weighted by Crippen LogP contribution is 2.23. The van der Waals surface area contributed by atoms with Crippen LogP contribution in [0.15, 0.2) is 53.4 Å². The summed E-state index contributed by atoms with van der Waals surface area (Å²) in [7, 11) is -0.261. The SMILES string of the molecule is CN(C)c1ccc(OS(=O)(=O)c2cccc(NC(=O)NCCCl)c2)cc1. The van der Waals surface area contributed by atoms with Gasteiger partial charge in [-0.3, -0.25) is 0 Å². The van der Waals surface area contributed by atoms with Gasteiger partial charge in [0.15, 0.2) is 0 Å². The molecule has 2 amide bonds. The average molecular weight is 398 g/mol. The molecule has 0 spiro atoms. The number of rotatable bonds is 7. The molecule has 0 aromatic heterocycles. The zero-order chi connectivity index (χ0) is 19.2. The molecule has 0 aliphatic carbocycles. The number of halogens is 1. The number of amides is 2. The Kier molecular flexibility index (Phi) is 6.70. The Hall–Kier alpha value is -2.45. The molecule has 26 heavy (non-hydrogen) atoms. The highest BCUT2D eigenvalue weighted by Gasteiger charge is 2.17. The Morgan fingerprint density at radius 1 is 1.15 bits per heavy atom. The lowest BCUT2D eigenvalue weighted by Gasteiger charge is -2.13. The number of carbonyl (C=O) groups is 1. The predicted octanol–water partition coefficient (Wildman–Crippen LogP) is 2.88. The summed E-state index contributed by atoms with van der Waals surface area (Å²) in [5.41, 5.74) is 1.24. The number of urea groups is 1. The smallest absolute Gasteiger partial charge is 0.339 e. The standard InChI is InChI=1S/C17H20ClN3O4S/c1-21(2)14-6-8-15(9-7-14)25-26(23,24)16-5-3-4-13(12-16)20-17(22)19-11-10-18/h3-9,12H,10-11H2,1-2H3,(H2,19,20,22). The van der Waals surface area contributed by atoms with Gasteiger partial charge in [-0.1, -0.05) is 6.07 Å². The highest BCUT2D eigenvalue weighted by molar-refractivity contribution is 7.87. The summed E-state index contributed by atoms with van der Waals surface area (Å²) in [4.78, 5) is 13.5. The second-order valence-corrected chi connectivity index (χ2v) is 7.45. The molecule has 0 atom stereocenters. The molecule has 0 unspecified atom stereocenters. The van der Waals surface area contributed by atoms with Crippen LogP contribution >= 0.6 is 11.6 Å². The predicted molar refractivity (Wildman–Crippen MR) is 103 cm³/mol. The minimum Gasteiger partial charge on any atom is -0.379 e. The van der Waals surface area contributed by atoms with Crippen LogP contribution < -0.4 is 19.7 Å². The lowest BCUT2D eigenvalue weighted by atomic mass is 10.3. The summed E-state index contributed by atoms with van der Waals surface area (Å²) in [5, 5.41) is 5.07. The first kappa shape index (κ1) is 19.9. The molecular weight excluding hydrogens is 378 g/mol. The molecule has 0 aliphatic rings. The molecule has 2 aromatic rings. The van der Waals surface area contributed by atoms with E-state index in [1.54, 1.807) is 30.3 Å². The van der Waals surface area contributed by atoms with Crippen molar-refractivity contribution in [3.05, 3.63) is 48.5 Å². The van der Waals surface area contributed by atoms with Gasteiger partial charge in [-0.25, -0.2) is 4.79 Å². The molecule has 0 aliphatic heterocycles. The molecule has 9 heteroatoms. The Morgan fingerprint density at radius 2 is 1.85 bits per heavy atom. The largest absolute Gasteiger partial charge is 0.379 e. The minimum atomic E-state index is -4.03. The van der Waals surface area contributed by atoms with Crippen molar-refractivity contribution in [3.63, 3.8) is 0 Å². The Labute approximate surface area is 158 Å². The summed E-state index contributed by atoms with van der Waals surface area (Å²) in [6.07, 6.45) is 0. The number of hydrogen-bond acceptors (Lipinski definition) is 5. The molecule has 2 aromatic carbocycles. The Balaban J connectivity index is 2.13. The number of hydrogen-bond donors (Lipinski definition) is 2. The Morgan fingerprint density at radius 3 is 2.46 bits per heavy atom. The van der Waals surface area contributed by atoms with Crippen molar-refractivity contribution >= 4 is 39.1 Å². The first-order chi connectivity index (χ1) is 12.3. The van der Waals surface area contributed by atoms with Gasteiger partial charge in [0.1, 0.15) is 10.6 Å². The normalized spacial score (nSPS) is 10.9. The monoisotopic (exact) mass is 397 g/mol.